The lowest BCUT2D eigenvalue weighted by Crippen LogP contribution is -2.60. The molecule has 1 aromatic rings. The minimum atomic E-state index is -1.92. The van der Waals surface area contributed by atoms with Gasteiger partial charge in [0, 0.05) is 12.5 Å². The van der Waals surface area contributed by atoms with Crippen molar-refractivity contribution in [1.82, 2.24) is 9.80 Å². The Morgan fingerprint density at radius 1 is 1.15 bits per heavy atom. The molecular weight excluding hydrogens is 631 g/mol. The topological polar surface area (TPSA) is 142 Å². The molecule has 1 saturated carbocycles. The average molecular weight is 656 g/mol. The van der Waals surface area contributed by atoms with Gasteiger partial charge in [-0.25, -0.2) is 0 Å². The molecule has 212 valence electrons. The lowest BCUT2D eigenvalue weighted by molar-refractivity contribution is -0.143. The summed E-state index contributed by atoms with van der Waals surface area (Å²) in [6.07, 6.45) is 4.76. The highest BCUT2D eigenvalue weighted by Crippen LogP contribution is 2.63. The van der Waals surface area contributed by atoms with Crippen molar-refractivity contribution < 1.29 is 38.9 Å². The van der Waals surface area contributed by atoms with Crippen LogP contribution < -0.4 is 4.74 Å². The van der Waals surface area contributed by atoms with E-state index >= 15 is 0 Å². The van der Waals surface area contributed by atoms with Crippen molar-refractivity contribution in [3.8, 4) is 11.5 Å². The van der Waals surface area contributed by atoms with Crippen LogP contribution in [0.1, 0.15) is 24.8 Å². The molecule has 0 bridgehead atoms. The number of halogens is 3. The van der Waals surface area contributed by atoms with Crippen molar-refractivity contribution in [2.24, 2.45) is 23.7 Å². The third-order valence-electron chi connectivity index (χ3n) is 8.40. The monoisotopic (exact) mass is 654 g/mol. The number of carboxylic acids is 1. The molecule has 5 rings (SSSR count). The van der Waals surface area contributed by atoms with Gasteiger partial charge in [0.2, 0.25) is 11.8 Å². The highest BCUT2D eigenvalue weighted by atomic mass is 79.9. The maximum absolute atomic E-state index is 13.7. The molecule has 4 aliphatic rings. The summed E-state index contributed by atoms with van der Waals surface area (Å²) in [5.74, 6) is -6.55. The Kier molecular flexibility index (Phi) is 7.29. The number of allylic oxidation sites excluding steroid dienone is 3. The number of fused-ring (bicyclic) bond motifs is 4. The lowest BCUT2D eigenvalue weighted by atomic mass is 9.57. The highest BCUT2D eigenvalue weighted by molar-refractivity contribution is 9.09. The van der Waals surface area contributed by atoms with Crippen molar-refractivity contribution in [2.75, 3.05) is 19.1 Å². The van der Waals surface area contributed by atoms with E-state index in [2.05, 4.69) is 15.9 Å². The molecule has 2 saturated heterocycles. The standard InChI is InChI=1S/C27H25BrCl2N2O8/c1-40-19-10-13(3-7-18(19)33)2-6-17-14-4-5-15-21(23(37)31(22(15)36)9-8-20(34)35)16(14)11-26(29)24(38)32(12-28)25(39)27(17,26)30/h2-4,6-7,10,15-17,21,33H,5,8-9,11-12H2,1H3,(H,34,35)/t15-,16+,17-,21-,26+,27-/m0/s1. The minimum Gasteiger partial charge on any atom is -0.504 e. The number of phenols is 1. The summed E-state index contributed by atoms with van der Waals surface area (Å²) < 4.78 is 5.18. The molecule has 0 radical (unpaired) electrons. The fourth-order valence-corrected chi connectivity index (χ4v) is 7.88. The van der Waals surface area contributed by atoms with E-state index in [0.717, 1.165) is 9.80 Å². The third-order valence-corrected chi connectivity index (χ3v) is 10.3. The second-order valence-electron chi connectivity index (χ2n) is 10.3. The predicted octanol–water partition coefficient (Wildman–Crippen LogP) is 3.13. The van der Waals surface area contributed by atoms with Gasteiger partial charge in [0.05, 0.1) is 30.8 Å². The number of aliphatic carboxylic acids is 1. The molecule has 2 heterocycles. The number of nitrogens with zero attached hydrogens (tertiary/aromatic N) is 2. The highest BCUT2D eigenvalue weighted by Gasteiger charge is 2.75. The number of imide groups is 2. The van der Waals surface area contributed by atoms with Crippen molar-refractivity contribution in [3.63, 3.8) is 0 Å². The van der Waals surface area contributed by atoms with Gasteiger partial charge in [0.15, 0.2) is 21.2 Å². The number of methoxy groups -OCH3 is 1. The second kappa shape index (κ2) is 10.2. The number of alkyl halides is 3. The summed E-state index contributed by atoms with van der Waals surface area (Å²) in [6.45, 7) is -0.256. The van der Waals surface area contributed by atoms with E-state index in [9.17, 15) is 29.1 Å². The molecule has 13 heteroatoms. The number of benzene rings is 1. The maximum atomic E-state index is 13.7. The van der Waals surface area contributed by atoms with E-state index in [-0.39, 0.29) is 42.8 Å². The molecule has 10 nitrogen and oxygen atoms in total. The number of phenolic OH excluding ortho intramolecular Hbond substituents is 1. The Balaban J connectivity index is 1.60. The van der Waals surface area contributed by atoms with Crippen LogP contribution in [0.4, 0.5) is 0 Å². The predicted molar refractivity (Wildman–Crippen MR) is 147 cm³/mol. The van der Waals surface area contributed by atoms with Gasteiger partial charge in [-0.1, -0.05) is 45.8 Å². The summed E-state index contributed by atoms with van der Waals surface area (Å²) in [4.78, 5) is 63.1. The van der Waals surface area contributed by atoms with Crippen LogP contribution in [0.5, 0.6) is 11.5 Å². The number of likely N-dealkylation sites (tertiary alicyclic amines) is 2. The van der Waals surface area contributed by atoms with E-state index in [1.165, 1.54) is 13.2 Å². The van der Waals surface area contributed by atoms with Crippen LogP contribution >= 0.6 is 39.1 Å². The zero-order valence-corrected chi connectivity index (χ0v) is 24.3. The second-order valence-corrected chi connectivity index (χ2v) is 12.0. The van der Waals surface area contributed by atoms with Gasteiger partial charge in [0.1, 0.15) is 0 Å². The number of carbonyl (C=O) groups is 5. The first kappa shape index (κ1) is 28.6. The van der Waals surface area contributed by atoms with Gasteiger partial charge in [-0.3, -0.25) is 33.8 Å². The Labute approximate surface area is 247 Å². The normalized spacial score (nSPS) is 33.2. The number of aromatic hydroxyl groups is 1. The number of hydrogen-bond acceptors (Lipinski definition) is 7. The number of carboxylic acid groups (broad SMARTS) is 1. The van der Waals surface area contributed by atoms with Gasteiger partial charge in [-0.05, 0) is 36.5 Å². The fourth-order valence-electron chi connectivity index (χ4n) is 6.50. The third kappa shape index (κ3) is 4.00. The number of ether oxygens (including phenoxy) is 1. The maximum Gasteiger partial charge on any atom is 0.305 e. The zero-order chi connectivity index (χ0) is 29.1. The molecular formula is C27H25BrCl2N2O8. The van der Waals surface area contributed by atoms with Gasteiger partial charge in [-0.15, -0.1) is 23.2 Å². The van der Waals surface area contributed by atoms with Crippen LogP contribution in [-0.4, -0.2) is 78.5 Å². The van der Waals surface area contributed by atoms with Crippen molar-refractivity contribution in [1.29, 1.82) is 0 Å². The van der Waals surface area contributed by atoms with E-state index in [1.54, 1.807) is 30.4 Å². The van der Waals surface area contributed by atoms with Gasteiger partial charge >= 0.3 is 5.97 Å². The summed E-state index contributed by atoms with van der Waals surface area (Å²) in [7, 11) is 1.41. The summed E-state index contributed by atoms with van der Waals surface area (Å²) in [5, 5.41) is 19.1. The van der Waals surface area contributed by atoms with E-state index in [0.29, 0.717) is 11.1 Å². The fraction of sp³-hybridized carbons (Fsp3) is 0.444. The van der Waals surface area contributed by atoms with Gasteiger partial charge in [-0.2, -0.15) is 0 Å². The van der Waals surface area contributed by atoms with Gasteiger partial charge in [0.25, 0.3) is 11.8 Å². The Morgan fingerprint density at radius 3 is 2.52 bits per heavy atom. The smallest absolute Gasteiger partial charge is 0.305 e. The Morgan fingerprint density at radius 2 is 1.88 bits per heavy atom. The number of carbonyl (C=O) groups excluding carboxylic acids is 4. The molecule has 0 spiro atoms. The number of amides is 4. The molecule has 40 heavy (non-hydrogen) atoms. The molecule has 2 aliphatic heterocycles. The van der Waals surface area contributed by atoms with Crippen molar-refractivity contribution >= 4 is 74.8 Å². The molecule has 1 aromatic carbocycles. The molecule has 0 aromatic heterocycles. The summed E-state index contributed by atoms with van der Waals surface area (Å²) in [6, 6.07) is 4.65. The van der Waals surface area contributed by atoms with Crippen molar-refractivity contribution in [3.05, 3.63) is 41.5 Å². The summed E-state index contributed by atoms with van der Waals surface area (Å²) >= 11 is 17.4. The molecule has 2 aliphatic carbocycles. The molecule has 0 unspecified atom stereocenters. The Hall–Kier alpha value is -2.89. The molecule has 2 N–H and O–H groups in total. The first-order valence-corrected chi connectivity index (χ1v) is 14.4. The van der Waals surface area contributed by atoms with Crippen LogP contribution in [0.2, 0.25) is 0 Å². The largest absolute Gasteiger partial charge is 0.504 e. The average Bonchev–Trinajstić information content (AvgIpc) is 3.25. The quantitative estimate of drug-likeness (QED) is 0.198. The van der Waals surface area contributed by atoms with Crippen LogP contribution in [0.25, 0.3) is 6.08 Å². The summed E-state index contributed by atoms with van der Waals surface area (Å²) in [5.41, 5.74) is 1.09. The van der Waals surface area contributed by atoms with E-state index < -0.39 is 63.0 Å². The van der Waals surface area contributed by atoms with Crippen molar-refractivity contribution in [2.45, 2.75) is 29.0 Å². The first-order valence-electron chi connectivity index (χ1n) is 12.5. The molecule has 3 fully saturated rings. The van der Waals surface area contributed by atoms with Crippen LogP contribution in [-0.2, 0) is 24.0 Å². The zero-order valence-electron chi connectivity index (χ0n) is 21.2. The van der Waals surface area contributed by atoms with Crippen LogP contribution in [0, 0.1) is 23.7 Å². The lowest BCUT2D eigenvalue weighted by Gasteiger charge is -2.49. The molecule has 6 atom stereocenters. The molecule has 4 amide bonds. The van der Waals surface area contributed by atoms with E-state index in [1.807, 2.05) is 0 Å². The SMILES string of the molecule is COc1cc(C=C[C@H]2C3=CC[C@@H]4C(=O)N(CCC(=O)O)C(=O)[C@@H]4[C@@H]3C[C@@]3(Cl)C(=O)N(CBr)C(=O)[C@@]23Cl)ccc1O. The minimum absolute atomic E-state index is 0.0617. The van der Waals surface area contributed by atoms with E-state index in [4.69, 9.17) is 33.0 Å². The van der Waals surface area contributed by atoms with Gasteiger partial charge < -0.3 is 14.9 Å². The number of hydrogen-bond donors (Lipinski definition) is 2. The number of rotatable bonds is 7. The first-order chi connectivity index (χ1) is 18.9. The van der Waals surface area contributed by atoms with Crippen LogP contribution in [0.15, 0.2) is 35.9 Å². The van der Waals surface area contributed by atoms with Crippen LogP contribution in [0.3, 0.4) is 0 Å². The Bertz CT molecular complexity index is 1400.